The molecule has 0 aliphatic heterocycles. The molecule has 1 aromatic heterocycles. The highest BCUT2D eigenvalue weighted by Gasteiger charge is 2.27. The van der Waals surface area contributed by atoms with Crippen molar-refractivity contribution in [3.05, 3.63) is 23.7 Å². The number of hydrogen-bond acceptors (Lipinski definition) is 3. The number of furan rings is 1. The number of hydrogen-bond donors (Lipinski definition) is 1. The van der Waals surface area contributed by atoms with Crippen molar-refractivity contribution in [2.45, 2.75) is 59.7 Å². The molecule has 0 radical (unpaired) electrons. The molecule has 19 heavy (non-hydrogen) atoms. The Hall–Kier alpha value is -1.29. The maximum absolute atomic E-state index is 12.5. The van der Waals surface area contributed by atoms with Crippen LogP contribution in [0.5, 0.6) is 0 Å². The van der Waals surface area contributed by atoms with E-state index in [1.165, 1.54) is 0 Å². The monoisotopic (exact) mass is 266 g/mol. The second-order valence-electron chi connectivity index (χ2n) is 5.48. The predicted octanol–water partition coefficient (Wildman–Crippen LogP) is 2.70. The van der Waals surface area contributed by atoms with Crippen molar-refractivity contribution >= 4 is 5.91 Å². The van der Waals surface area contributed by atoms with Crippen LogP contribution in [-0.2, 0) is 11.3 Å². The largest absolute Gasteiger partial charge is 0.464 e. The number of amides is 1. The third-order valence-corrected chi connectivity index (χ3v) is 3.57. The van der Waals surface area contributed by atoms with Gasteiger partial charge in [-0.05, 0) is 38.8 Å². The Morgan fingerprint density at radius 1 is 1.37 bits per heavy atom. The minimum atomic E-state index is -0.441. The van der Waals surface area contributed by atoms with Crippen molar-refractivity contribution in [3.63, 3.8) is 0 Å². The molecule has 0 saturated heterocycles. The number of nitrogens with two attached hydrogens (primary N) is 1. The van der Waals surface area contributed by atoms with Gasteiger partial charge in [0.2, 0.25) is 5.91 Å². The molecule has 108 valence electrons. The fraction of sp³-hybridized carbons (Fsp3) is 0.667. The van der Waals surface area contributed by atoms with Crippen molar-refractivity contribution in [1.29, 1.82) is 0 Å². The second-order valence-corrected chi connectivity index (χ2v) is 5.48. The maximum atomic E-state index is 12.5. The molecular weight excluding hydrogens is 240 g/mol. The number of carbonyl (C=O) groups excluding carboxylic acids is 1. The average molecular weight is 266 g/mol. The van der Waals surface area contributed by atoms with E-state index < -0.39 is 6.04 Å². The van der Waals surface area contributed by atoms with E-state index in [-0.39, 0.29) is 17.9 Å². The van der Waals surface area contributed by atoms with Gasteiger partial charge >= 0.3 is 0 Å². The summed E-state index contributed by atoms with van der Waals surface area (Å²) in [4.78, 5) is 14.2. The van der Waals surface area contributed by atoms with Crippen LogP contribution in [0.25, 0.3) is 0 Å². The standard InChI is InChI=1S/C15H26N2O2/c1-6-11(4)14(16)15(18)17(10(2)3)9-13-8-7-12(5)19-13/h7-8,10-11,14H,6,9,16H2,1-5H3/t11-,14-/m0/s1. The zero-order valence-electron chi connectivity index (χ0n) is 12.6. The first-order chi connectivity index (χ1) is 8.86. The van der Waals surface area contributed by atoms with E-state index in [4.69, 9.17) is 10.2 Å². The third kappa shape index (κ3) is 4.10. The van der Waals surface area contributed by atoms with E-state index in [1.807, 2.05) is 46.8 Å². The summed E-state index contributed by atoms with van der Waals surface area (Å²) in [5.41, 5.74) is 6.05. The van der Waals surface area contributed by atoms with Gasteiger partial charge < -0.3 is 15.1 Å². The Bertz CT molecular complexity index is 412. The molecule has 0 aromatic carbocycles. The summed E-state index contributed by atoms with van der Waals surface area (Å²) in [5.74, 6) is 1.85. The van der Waals surface area contributed by atoms with Gasteiger partial charge in [0.1, 0.15) is 11.5 Å². The topological polar surface area (TPSA) is 59.5 Å². The summed E-state index contributed by atoms with van der Waals surface area (Å²) in [6, 6.07) is 3.48. The Labute approximate surface area is 116 Å². The van der Waals surface area contributed by atoms with Gasteiger partial charge in [-0.2, -0.15) is 0 Å². The van der Waals surface area contributed by atoms with Gasteiger partial charge in [0.15, 0.2) is 0 Å². The minimum Gasteiger partial charge on any atom is -0.464 e. The maximum Gasteiger partial charge on any atom is 0.240 e. The van der Waals surface area contributed by atoms with Crippen LogP contribution in [0.15, 0.2) is 16.5 Å². The van der Waals surface area contributed by atoms with Crippen LogP contribution in [0.2, 0.25) is 0 Å². The van der Waals surface area contributed by atoms with Crippen molar-refractivity contribution in [3.8, 4) is 0 Å². The predicted molar refractivity (Wildman–Crippen MR) is 76.6 cm³/mol. The molecule has 4 heteroatoms. The van der Waals surface area contributed by atoms with Gasteiger partial charge in [0, 0.05) is 6.04 Å². The zero-order valence-corrected chi connectivity index (χ0v) is 12.6. The molecule has 2 atom stereocenters. The first-order valence-corrected chi connectivity index (χ1v) is 6.98. The summed E-state index contributed by atoms with van der Waals surface area (Å²) in [5, 5.41) is 0. The lowest BCUT2D eigenvalue weighted by molar-refractivity contribution is -0.136. The fourth-order valence-electron chi connectivity index (χ4n) is 1.94. The van der Waals surface area contributed by atoms with E-state index in [2.05, 4.69) is 0 Å². The first-order valence-electron chi connectivity index (χ1n) is 6.98. The number of aryl methyl sites for hydroxylation is 1. The molecule has 1 amide bonds. The van der Waals surface area contributed by atoms with Crippen LogP contribution in [0.1, 0.15) is 45.6 Å². The first kappa shape index (κ1) is 15.8. The number of rotatable bonds is 6. The highest BCUT2D eigenvalue weighted by molar-refractivity contribution is 5.82. The van der Waals surface area contributed by atoms with Crippen molar-refractivity contribution in [2.24, 2.45) is 11.7 Å². The van der Waals surface area contributed by atoms with E-state index >= 15 is 0 Å². The van der Waals surface area contributed by atoms with E-state index in [0.29, 0.717) is 6.54 Å². The van der Waals surface area contributed by atoms with Gasteiger partial charge in [-0.1, -0.05) is 20.3 Å². The third-order valence-electron chi connectivity index (χ3n) is 3.57. The van der Waals surface area contributed by atoms with Crippen LogP contribution in [0.4, 0.5) is 0 Å². The molecule has 1 aromatic rings. The summed E-state index contributed by atoms with van der Waals surface area (Å²) >= 11 is 0. The van der Waals surface area contributed by atoms with E-state index in [0.717, 1.165) is 17.9 Å². The summed E-state index contributed by atoms with van der Waals surface area (Å²) in [6.07, 6.45) is 0.901. The summed E-state index contributed by atoms with van der Waals surface area (Å²) < 4.78 is 5.55. The quantitative estimate of drug-likeness (QED) is 0.861. The molecule has 0 unspecified atom stereocenters. The molecule has 2 N–H and O–H groups in total. The van der Waals surface area contributed by atoms with Crippen LogP contribution in [0, 0.1) is 12.8 Å². The van der Waals surface area contributed by atoms with Gasteiger partial charge in [-0.15, -0.1) is 0 Å². The molecule has 4 nitrogen and oxygen atoms in total. The molecular formula is C15H26N2O2. The lowest BCUT2D eigenvalue weighted by Crippen LogP contribution is -2.49. The van der Waals surface area contributed by atoms with Crippen LogP contribution in [-0.4, -0.2) is 22.9 Å². The van der Waals surface area contributed by atoms with E-state index in [1.54, 1.807) is 4.90 Å². The van der Waals surface area contributed by atoms with Gasteiger partial charge in [-0.25, -0.2) is 0 Å². The summed E-state index contributed by atoms with van der Waals surface area (Å²) in [6.45, 7) is 10.4. The summed E-state index contributed by atoms with van der Waals surface area (Å²) in [7, 11) is 0. The van der Waals surface area contributed by atoms with Gasteiger partial charge in [0.25, 0.3) is 0 Å². The molecule has 1 rings (SSSR count). The smallest absolute Gasteiger partial charge is 0.240 e. The molecule has 0 bridgehead atoms. The Morgan fingerprint density at radius 2 is 2.00 bits per heavy atom. The lowest BCUT2D eigenvalue weighted by Gasteiger charge is -2.30. The van der Waals surface area contributed by atoms with Gasteiger partial charge in [0.05, 0.1) is 12.6 Å². The normalized spacial score (nSPS) is 14.5. The van der Waals surface area contributed by atoms with Crippen molar-refractivity contribution < 1.29 is 9.21 Å². The van der Waals surface area contributed by atoms with Crippen LogP contribution < -0.4 is 5.73 Å². The number of carbonyl (C=O) groups is 1. The van der Waals surface area contributed by atoms with Crippen LogP contribution in [0.3, 0.4) is 0 Å². The van der Waals surface area contributed by atoms with Crippen molar-refractivity contribution in [2.75, 3.05) is 0 Å². The molecule has 0 spiro atoms. The average Bonchev–Trinajstić information content (AvgIpc) is 2.78. The minimum absolute atomic E-state index is 0.00148. The van der Waals surface area contributed by atoms with Crippen LogP contribution >= 0.6 is 0 Å². The SMILES string of the molecule is CC[C@H](C)[C@H](N)C(=O)N(Cc1ccc(C)o1)C(C)C. The molecule has 0 aliphatic rings. The Kier molecular flexibility index (Phi) is 5.60. The highest BCUT2D eigenvalue weighted by atomic mass is 16.3. The van der Waals surface area contributed by atoms with Gasteiger partial charge in [-0.3, -0.25) is 4.79 Å². The highest BCUT2D eigenvalue weighted by Crippen LogP contribution is 2.15. The Balaban J connectivity index is 2.80. The molecule has 0 saturated carbocycles. The molecule has 0 fully saturated rings. The van der Waals surface area contributed by atoms with E-state index in [9.17, 15) is 4.79 Å². The zero-order chi connectivity index (χ0) is 14.6. The fourth-order valence-corrected chi connectivity index (χ4v) is 1.94. The molecule has 0 aliphatic carbocycles. The van der Waals surface area contributed by atoms with Crippen molar-refractivity contribution in [1.82, 2.24) is 4.90 Å². The molecule has 1 heterocycles. The second kappa shape index (κ2) is 6.75. The number of nitrogens with zero attached hydrogens (tertiary/aromatic N) is 1. The Morgan fingerprint density at radius 3 is 2.42 bits per heavy atom. The lowest BCUT2D eigenvalue weighted by atomic mass is 9.98.